The Labute approximate surface area is 65.0 Å². The van der Waals surface area contributed by atoms with Crippen LogP contribution in [0.4, 0.5) is 8.78 Å². The Balaban J connectivity index is 2.98. The highest BCUT2D eigenvalue weighted by Crippen LogP contribution is 2.17. The van der Waals surface area contributed by atoms with E-state index in [9.17, 15) is 8.78 Å². The summed E-state index contributed by atoms with van der Waals surface area (Å²) in [4.78, 5) is 0. The molecule has 0 aromatic carbocycles. The van der Waals surface area contributed by atoms with Gasteiger partial charge in [0.05, 0.1) is 10.2 Å². The molecule has 0 bridgehead atoms. The van der Waals surface area contributed by atoms with E-state index >= 15 is 0 Å². The van der Waals surface area contributed by atoms with Crippen molar-refractivity contribution < 1.29 is 8.78 Å². The average molecular weight is 211 g/mol. The number of rotatable bonds is 1. The Hall–Kier alpha value is -0.450. The molecular weight excluding hydrogens is 206 g/mol. The largest absolute Gasteiger partial charge is 0.333 e. The van der Waals surface area contributed by atoms with Crippen LogP contribution in [0.2, 0.25) is 0 Å². The predicted molar refractivity (Wildman–Crippen MR) is 35.9 cm³/mol. The third-order valence-electron chi connectivity index (χ3n) is 1.06. The predicted octanol–water partition coefficient (Wildman–Crippen LogP) is 2.35. The summed E-state index contributed by atoms with van der Waals surface area (Å²) in [7, 11) is 0. The van der Waals surface area contributed by atoms with E-state index in [-0.39, 0.29) is 0 Å². The minimum Gasteiger partial charge on any atom is -0.210 e. The Kier molecular flexibility index (Phi) is 2.03. The number of halogens is 3. The van der Waals surface area contributed by atoms with Crippen LogP contribution in [0.1, 0.15) is 12.2 Å². The van der Waals surface area contributed by atoms with Crippen molar-refractivity contribution in [2.45, 2.75) is 13.5 Å². The number of aryl methyl sites for hydroxylation is 1. The van der Waals surface area contributed by atoms with Gasteiger partial charge in [-0.2, -0.15) is 13.9 Å². The van der Waals surface area contributed by atoms with E-state index in [2.05, 4.69) is 21.0 Å². The lowest BCUT2D eigenvalue weighted by molar-refractivity contribution is 0.0562. The second-order valence-electron chi connectivity index (χ2n) is 1.82. The van der Waals surface area contributed by atoms with Gasteiger partial charge in [0.2, 0.25) is 0 Å². The molecule has 0 aliphatic heterocycles. The van der Waals surface area contributed by atoms with Crippen molar-refractivity contribution >= 4 is 15.9 Å². The van der Waals surface area contributed by atoms with Crippen molar-refractivity contribution in [3.05, 3.63) is 16.4 Å². The maximum Gasteiger partial charge on any atom is 0.333 e. The Bertz CT molecular complexity index is 214. The smallest absolute Gasteiger partial charge is 0.210 e. The second-order valence-corrected chi connectivity index (χ2v) is 2.67. The summed E-state index contributed by atoms with van der Waals surface area (Å²) in [5, 5.41) is 3.53. The van der Waals surface area contributed by atoms with Gasteiger partial charge in [-0.15, -0.1) is 0 Å². The van der Waals surface area contributed by atoms with Gasteiger partial charge in [0.25, 0.3) is 0 Å². The maximum atomic E-state index is 11.8. The molecular formula is C5H5BrF2N2. The van der Waals surface area contributed by atoms with Crippen molar-refractivity contribution in [3.63, 3.8) is 0 Å². The van der Waals surface area contributed by atoms with E-state index in [1.807, 2.05) is 0 Å². The van der Waals surface area contributed by atoms with Gasteiger partial charge in [-0.1, -0.05) is 0 Å². The molecule has 0 unspecified atom stereocenters. The van der Waals surface area contributed by atoms with Crippen LogP contribution in [0.25, 0.3) is 0 Å². The van der Waals surface area contributed by atoms with E-state index in [1.54, 1.807) is 6.92 Å². The number of nitrogens with zero attached hydrogens (tertiary/aromatic N) is 2. The number of alkyl halides is 2. The normalized spacial score (nSPS) is 10.9. The Morgan fingerprint density at radius 3 is 2.50 bits per heavy atom. The molecule has 0 aliphatic rings. The molecule has 5 heteroatoms. The SMILES string of the molecule is Cc1nn(C(F)F)cc1Br. The maximum absolute atomic E-state index is 11.8. The van der Waals surface area contributed by atoms with Crippen LogP contribution in [-0.2, 0) is 0 Å². The fraction of sp³-hybridized carbons (Fsp3) is 0.400. The number of aromatic nitrogens is 2. The van der Waals surface area contributed by atoms with Gasteiger partial charge in [-0.25, -0.2) is 4.68 Å². The molecule has 0 N–H and O–H groups in total. The van der Waals surface area contributed by atoms with Crippen LogP contribution in [0.3, 0.4) is 0 Å². The molecule has 0 spiro atoms. The molecule has 1 aromatic heterocycles. The molecule has 0 fully saturated rings. The van der Waals surface area contributed by atoms with Gasteiger partial charge in [0.1, 0.15) is 0 Å². The molecule has 0 saturated heterocycles. The van der Waals surface area contributed by atoms with Gasteiger partial charge in [0.15, 0.2) is 0 Å². The third kappa shape index (κ3) is 1.34. The van der Waals surface area contributed by atoms with Gasteiger partial charge in [-0.3, -0.25) is 0 Å². The molecule has 10 heavy (non-hydrogen) atoms. The van der Waals surface area contributed by atoms with Crippen LogP contribution in [-0.4, -0.2) is 9.78 Å². The second kappa shape index (κ2) is 2.65. The first-order valence-corrected chi connectivity index (χ1v) is 3.40. The van der Waals surface area contributed by atoms with Crippen molar-refractivity contribution in [2.24, 2.45) is 0 Å². The lowest BCUT2D eigenvalue weighted by atomic mass is 10.5. The number of hydrogen-bond donors (Lipinski definition) is 0. The van der Waals surface area contributed by atoms with Gasteiger partial charge in [0, 0.05) is 6.20 Å². The monoisotopic (exact) mass is 210 g/mol. The minimum atomic E-state index is -2.55. The van der Waals surface area contributed by atoms with Crippen LogP contribution in [0.5, 0.6) is 0 Å². The zero-order chi connectivity index (χ0) is 7.72. The molecule has 0 atom stereocenters. The molecule has 0 radical (unpaired) electrons. The summed E-state index contributed by atoms with van der Waals surface area (Å²) < 4.78 is 24.9. The first kappa shape index (κ1) is 7.65. The van der Waals surface area contributed by atoms with Crippen molar-refractivity contribution in [2.75, 3.05) is 0 Å². The molecule has 56 valence electrons. The van der Waals surface area contributed by atoms with Crippen LogP contribution in [0, 0.1) is 6.92 Å². The van der Waals surface area contributed by atoms with E-state index in [4.69, 9.17) is 0 Å². The van der Waals surface area contributed by atoms with E-state index in [0.717, 1.165) is 0 Å². The lowest BCUT2D eigenvalue weighted by Crippen LogP contribution is -1.97. The van der Waals surface area contributed by atoms with Gasteiger partial charge >= 0.3 is 6.55 Å². The molecule has 2 nitrogen and oxygen atoms in total. The van der Waals surface area contributed by atoms with Crippen LogP contribution >= 0.6 is 15.9 Å². The van der Waals surface area contributed by atoms with Crippen LogP contribution < -0.4 is 0 Å². The zero-order valence-corrected chi connectivity index (χ0v) is 6.77. The van der Waals surface area contributed by atoms with E-state index < -0.39 is 6.55 Å². The zero-order valence-electron chi connectivity index (χ0n) is 5.18. The van der Waals surface area contributed by atoms with E-state index in [0.29, 0.717) is 14.8 Å². The highest BCUT2D eigenvalue weighted by Gasteiger charge is 2.08. The highest BCUT2D eigenvalue weighted by atomic mass is 79.9. The third-order valence-corrected chi connectivity index (χ3v) is 1.84. The Morgan fingerprint density at radius 1 is 1.70 bits per heavy atom. The minimum absolute atomic E-state index is 0.570. The average Bonchev–Trinajstić information content (AvgIpc) is 2.13. The molecule has 1 aromatic rings. The molecule has 1 heterocycles. The molecule has 0 saturated carbocycles. The van der Waals surface area contributed by atoms with Gasteiger partial charge < -0.3 is 0 Å². The van der Waals surface area contributed by atoms with Crippen molar-refractivity contribution in [1.82, 2.24) is 9.78 Å². The fourth-order valence-corrected chi connectivity index (χ4v) is 0.848. The Morgan fingerprint density at radius 2 is 2.30 bits per heavy atom. The summed E-state index contributed by atoms with van der Waals surface area (Å²) in [6.45, 7) is -0.895. The topological polar surface area (TPSA) is 17.8 Å². The molecule has 1 rings (SSSR count). The van der Waals surface area contributed by atoms with E-state index in [1.165, 1.54) is 6.20 Å². The quantitative estimate of drug-likeness (QED) is 0.696. The molecule has 0 aliphatic carbocycles. The first-order valence-electron chi connectivity index (χ1n) is 2.60. The summed E-state index contributed by atoms with van der Waals surface area (Å²) >= 11 is 3.07. The lowest BCUT2D eigenvalue weighted by Gasteiger charge is -1.94. The summed E-state index contributed by atoms with van der Waals surface area (Å²) in [5.74, 6) is 0. The highest BCUT2D eigenvalue weighted by molar-refractivity contribution is 9.10. The molecule has 0 amide bonds. The summed E-state index contributed by atoms with van der Waals surface area (Å²) in [6.07, 6.45) is 1.25. The van der Waals surface area contributed by atoms with Crippen molar-refractivity contribution in [3.8, 4) is 0 Å². The fourth-order valence-electron chi connectivity index (χ4n) is 0.559. The van der Waals surface area contributed by atoms with Gasteiger partial charge in [-0.05, 0) is 22.9 Å². The standard InChI is InChI=1S/C5H5BrF2N2/c1-3-4(6)2-10(9-3)5(7)8/h2,5H,1H3. The number of hydrogen-bond acceptors (Lipinski definition) is 1. The van der Waals surface area contributed by atoms with Crippen LogP contribution in [0.15, 0.2) is 10.7 Å². The summed E-state index contributed by atoms with van der Waals surface area (Å²) in [5.41, 5.74) is 0.570. The van der Waals surface area contributed by atoms with Crippen molar-refractivity contribution in [1.29, 1.82) is 0 Å². The summed E-state index contributed by atoms with van der Waals surface area (Å²) in [6, 6.07) is 0. The first-order chi connectivity index (χ1) is 4.61.